The van der Waals surface area contributed by atoms with Gasteiger partial charge in [-0.25, -0.2) is 17.2 Å². The Labute approximate surface area is 159 Å². The molecule has 2 rings (SSSR count). The molecule has 5 nitrogen and oxygen atoms in total. The number of nitrogens with zero attached hydrogens (tertiary/aromatic N) is 1. The molecule has 0 saturated heterocycles. The normalized spacial score (nSPS) is 12.5. The number of rotatable bonds is 5. The van der Waals surface area contributed by atoms with Crippen LogP contribution >= 0.6 is 23.2 Å². The van der Waals surface area contributed by atoms with E-state index in [-0.39, 0.29) is 21.4 Å². The molecule has 2 aromatic carbocycles. The van der Waals surface area contributed by atoms with Gasteiger partial charge in [-0.1, -0.05) is 23.2 Å². The fourth-order valence-corrected chi connectivity index (χ4v) is 3.71. The summed E-state index contributed by atoms with van der Waals surface area (Å²) in [5.74, 6) is -2.95. The van der Waals surface area contributed by atoms with Gasteiger partial charge in [-0.3, -0.25) is 9.10 Å². The predicted octanol–water partition coefficient (Wildman–Crippen LogP) is 4.06. The third kappa shape index (κ3) is 4.63. The summed E-state index contributed by atoms with van der Waals surface area (Å²) in [4.78, 5) is 12.4. The highest BCUT2D eigenvalue weighted by atomic mass is 35.5. The molecule has 140 valence electrons. The summed E-state index contributed by atoms with van der Waals surface area (Å²) < 4.78 is 51.5. The Morgan fingerprint density at radius 1 is 1.08 bits per heavy atom. The van der Waals surface area contributed by atoms with Gasteiger partial charge in [0.15, 0.2) is 11.6 Å². The molecule has 10 heteroatoms. The van der Waals surface area contributed by atoms with Gasteiger partial charge in [-0.05, 0) is 37.3 Å². The van der Waals surface area contributed by atoms with E-state index in [1.165, 1.54) is 25.1 Å². The van der Waals surface area contributed by atoms with Gasteiger partial charge in [0.05, 0.1) is 22.0 Å². The highest BCUT2D eigenvalue weighted by molar-refractivity contribution is 7.92. The Hall–Kier alpha value is -1.90. The average molecular weight is 423 g/mol. The first-order valence-electron chi connectivity index (χ1n) is 7.21. The van der Waals surface area contributed by atoms with E-state index in [9.17, 15) is 22.0 Å². The van der Waals surface area contributed by atoms with Gasteiger partial charge in [0, 0.05) is 11.8 Å². The summed E-state index contributed by atoms with van der Waals surface area (Å²) >= 11 is 11.8. The zero-order valence-corrected chi connectivity index (χ0v) is 16.0. The zero-order valence-electron chi connectivity index (χ0n) is 13.6. The van der Waals surface area contributed by atoms with Crippen LogP contribution in [0, 0.1) is 11.6 Å². The van der Waals surface area contributed by atoms with Crippen LogP contribution < -0.4 is 9.62 Å². The van der Waals surface area contributed by atoms with Crippen molar-refractivity contribution in [1.29, 1.82) is 0 Å². The van der Waals surface area contributed by atoms with Gasteiger partial charge >= 0.3 is 0 Å². The molecule has 2 aromatic rings. The van der Waals surface area contributed by atoms with Crippen LogP contribution in [0.3, 0.4) is 0 Å². The van der Waals surface area contributed by atoms with E-state index in [1.54, 1.807) is 0 Å². The molecule has 0 aliphatic carbocycles. The third-order valence-corrected chi connectivity index (χ3v) is 5.41. The highest BCUT2D eigenvalue weighted by Gasteiger charge is 2.29. The molecule has 1 N–H and O–H groups in total. The Balaban J connectivity index is 2.34. The molecular weight excluding hydrogens is 409 g/mol. The summed E-state index contributed by atoms with van der Waals surface area (Å²) in [5, 5.41) is 2.69. The Morgan fingerprint density at radius 2 is 1.73 bits per heavy atom. The van der Waals surface area contributed by atoms with E-state index in [4.69, 9.17) is 23.2 Å². The lowest BCUT2D eigenvalue weighted by molar-refractivity contribution is -0.116. The third-order valence-electron chi connectivity index (χ3n) is 3.43. The number of hydrogen-bond acceptors (Lipinski definition) is 3. The Morgan fingerprint density at radius 3 is 2.27 bits per heavy atom. The largest absolute Gasteiger partial charge is 0.324 e. The summed E-state index contributed by atoms with van der Waals surface area (Å²) in [6.45, 7) is 1.35. The molecule has 0 spiro atoms. The van der Waals surface area contributed by atoms with Gasteiger partial charge in [0.1, 0.15) is 6.04 Å². The first-order valence-corrected chi connectivity index (χ1v) is 9.81. The van der Waals surface area contributed by atoms with Crippen molar-refractivity contribution in [3.8, 4) is 0 Å². The summed E-state index contributed by atoms with van der Waals surface area (Å²) in [6.07, 6.45) is 0.927. The first kappa shape index (κ1) is 20.4. The van der Waals surface area contributed by atoms with E-state index in [0.717, 1.165) is 28.8 Å². The molecule has 1 atom stereocenters. The van der Waals surface area contributed by atoms with Crippen molar-refractivity contribution in [1.82, 2.24) is 0 Å². The number of halogens is 4. The maximum absolute atomic E-state index is 13.3. The second-order valence-electron chi connectivity index (χ2n) is 5.45. The van der Waals surface area contributed by atoms with Gasteiger partial charge in [0.2, 0.25) is 15.9 Å². The van der Waals surface area contributed by atoms with E-state index in [2.05, 4.69) is 5.32 Å². The second-order valence-corrected chi connectivity index (χ2v) is 8.13. The standard InChI is InChI=1S/C16H14Cl2F2N2O3S/c1-9(16(23)21-10-3-6-14(19)15(20)7-10)22(26(2,24)25)11-4-5-12(17)13(18)8-11/h3-9H,1-2H3,(H,21,23). The lowest BCUT2D eigenvalue weighted by Crippen LogP contribution is -2.45. The molecule has 0 saturated carbocycles. The number of hydrogen-bond donors (Lipinski definition) is 1. The zero-order chi connectivity index (χ0) is 19.6. The van der Waals surface area contributed by atoms with Gasteiger partial charge in [-0.15, -0.1) is 0 Å². The lowest BCUT2D eigenvalue weighted by atomic mass is 10.2. The molecule has 0 aromatic heterocycles. The number of carbonyl (C=O) groups is 1. The summed E-state index contributed by atoms with van der Waals surface area (Å²) in [5.41, 5.74) is 0.123. The number of amides is 1. The highest BCUT2D eigenvalue weighted by Crippen LogP contribution is 2.30. The van der Waals surface area contributed by atoms with Crippen LogP contribution in [0.5, 0.6) is 0 Å². The van der Waals surface area contributed by atoms with E-state index >= 15 is 0 Å². The van der Waals surface area contributed by atoms with E-state index in [0.29, 0.717) is 0 Å². The van der Waals surface area contributed by atoms with Crippen LogP contribution in [0.2, 0.25) is 10.0 Å². The monoisotopic (exact) mass is 422 g/mol. The number of nitrogens with one attached hydrogen (secondary N) is 1. The molecule has 0 fully saturated rings. The second kappa shape index (κ2) is 7.77. The van der Waals surface area contributed by atoms with Gasteiger partial charge < -0.3 is 5.32 Å². The maximum Gasteiger partial charge on any atom is 0.247 e. The first-order chi connectivity index (χ1) is 12.0. The molecule has 0 bridgehead atoms. The van der Waals surface area contributed by atoms with Crippen LogP contribution in [-0.2, 0) is 14.8 Å². The number of sulfonamides is 1. The molecule has 1 unspecified atom stereocenters. The quantitative estimate of drug-likeness (QED) is 0.789. The average Bonchev–Trinajstić information content (AvgIpc) is 2.53. The number of anilines is 2. The minimum Gasteiger partial charge on any atom is -0.324 e. The Kier molecular flexibility index (Phi) is 6.10. The number of carbonyl (C=O) groups excluding carboxylic acids is 1. The minimum atomic E-state index is -3.86. The smallest absolute Gasteiger partial charge is 0.247 e. The lowest BCUT2D eigenvalue weighted by Gasteiger charge is -2.28. The van der Waals surface area contributed by atoms with Crippen LogP contribution in [0.1, 0.15) is 6.92 Å². The van der Waals surface area contributed by atoms with E-state index < -0.39 is 33.6 Å². The maximum atomic E-state index is 13.3. The molecule has 0 radical (unpaired) electrons. The van der Waals surface area contributed by atoms with Crippen molar-refractivity contribution in [2.75, 3.05) is 15.9 Å². The van der Waals surface area contributed by atoms with Crippen LogP contribution in [0.4, 0.5) is 20.2 Å². The van der Waals surface area contributed by atoms with Gasteiger partial charge in [-0.2, -0.15) is 0 Å². The molecule has 1 amide bonds. The van der Waals surface area contributed by atoms with Crippen molar-refractivity contribution in [2.45, 2.75) is 13.0 Å². The molecular formula is C16H14Cl2F2N2O3S. The Bertz CT molecular complexity index is 955. The van der Waals surface area contributed by atoms with Crippen molar-refractivity contribution >= 4 is 50.5 Å². The van der Waals surface area contributed by atoms with E-state index in [1.807, 2.05) is 0 Å². The predicted molar refractivity (Wildman–Crippen MR) is 98.2 cm³/mol. The molecule has 26 heavy (non-hydrogen) atoms. The molecule has 0 aliphatic heterocycles. The minimum absolute atomic E-state index is 0.0108. The van der Waals surface area contributed by atoms with Crippen LogP contribution in [0.15, 0.2) is 36.4 Å². The molecule has 0 heterocycles. The van der Waals surface area contributed by atoms with Gasteiger partial charge in [0.25, 0.3) is 0 Å². The van der Waals surface area contributed by atoms with Crippen molar-refractivity contribution in [3.63, 3.8) is 0 Å². The van der Waals surface area contributed by atoms with Crippen molar-refractivity contribution in [3.05, 3.63) is 58.1 Å². The number of benzene rings is 2. The topological polar surface area (TPSA) is 66.5 Å². The van der Waals surface area contributed by atoms with Crippen LogP contribution in [-0.4, -0.2) is 26.6 Å². The fourth-order valence-electron chi connectivity index (χ4n) is 2.25. The van der Waals surface area contributed by atoms with Crippen LogP contribution in [0.25, 0.3) is 0 Å². The van der Waals surface area contributed by atoms with Crippen molar-refractivity contribution < 1.29 is 22.0 Å². The SMILES string of the molecule is CC(C(=O)Nc1ccc(F)c(F)c1)N(c1ccc(Cl)c(Cl)c1)S(C)(=O)=O. The summed E-state index contributed by atoms with van der Waals surface area (Å²) in [7, 11) is -3.86. The fraction of sp³-hybridized carbons (Fsp3) is 0.188. The van der Waals surface area contributed by atoms with Crippen molar-refractivity contribution in [2.24, 2.45) is 0 Å². The molecule has 0 aliphatic rings. The summed E-state index contributed by atoms with van der Waals surface area (Å²) in [6, 6.07) is 5.72.